The summed E-state index contributed by atoms with van der Waals surface area (Å²) in [5.41, 5.74) is 3.07. The number of morpholine rings is 1. The third-order valence-corrected chi connectivity index (χ3v) is 7.19. The number of alkyl halides is 1. The minimum Gasteiger partial charge on any atom is -0.366 e. The summed E-state index contributed by atoms with van der Waals surface area (Å²) in [5.74, 6) is 0.698. The molecule has 1 aliphatic carbocycles. The van der Waals surface area contributed by atoms with Crippen LogP contribution in [0, 0.1) is 0 Å². The van der Waals surface area contributed by atoms with Gasteiger partial charge in [-0.1, -0.05) is 18.7 Å². The second-order valence-electron chi connectivity index (χ2n) is 9.42. The largest absolute Gasteiger partial charge is 0.366 e. The molecule has 7 nitrogen and oxygen atoms in total. The topological polar surface area (TPSA) is 65.1 Å². The van der Waals surface area contributed by atoms with E-state index in [1.807, 2.05) is 15.9 Å². The number of nitrogens with zero attached hydrogens (tertiary/aromatic N) is 3. The molecule has 1 saturated carbocycles. The molecule has 4 rings (SSSR count). The zero-order valence-corrected chi connectivity index (χ0v) is 20.8. The molecule has 1 unspecified atom stereocenters. The predicted octanol–water partition coefficient (Wildman–Crippen LogP) is 3.26. The summed E-state index contributed by atoms with van der Waals surface area (Å²) < 4.78 is 5.73. The Kier molecular flexibility index (Phi) is 8.86. The van der Waals surface area contributed by atoms with Crippen molar-refractivity contribution in [2.24, 2.45) is 0 Å². The van der Waals surface area contributed by atoms with Crippen molar-refractivity contribution in [1.82, 2.24) is 15.1 Å². The number of halogens is 1. The number of likely N-dealkylation sites (tertiary alicyclic amines) is 1. The van der Waals surface area contributed by atoms with Crippen molar-refractivity contribution in [3.05, 3.63) is 42.1 Å². The van der Waals surface area contributed by atoms with Gasteiger partial charge >= 0.3 is 0 Å². The number of hydrogen-bond donors (Lipinski definition) is 1. The first-order valence-electron chi connectivity index (χ1n) is 12.6. The van der Waals surface area contributed by atoms with Crippen molar-refractivity contribution in [3.8, 4) is 0 Å². The first-order chi connectivity index (χ1) is 16.6. The van der Waals surface area contributed by atoms with Crippen LogP contribution in [0.5, 0.6) is 0 Å². The third-order valence-electron chi connectivity index (χ3n) is 6.90. The Morgan fingerprint density at radius 2 is 2.06 bits per heavy atom. The van der Waals surface area contributed by atoms with E-state index in [0.717, 1.165) is 68.6 Å². The molecule has 34 heavy (non-hydrogen) atoms. The van der Waals surface area contributed by atoms with Crippen molar-refractivity contribution < 1.29 is 14.3 Å². The molecular weight excluding hydrogens is 452 g/mol. The predicted molar refractivity (Wildman–Crippen MR) is 135 cm³/mol. The Labute approximate surface area is 208 Å². The Balaban J connectivity index is 1.42. The molecule has 186 valence electrons. The molecule has 2 amide bonds. The van der Waals surface area contributed by atoms with Gasteiger partial charge in [0.1, 0.15) is 6.10 Å². The number of ether oxygens (including phenoxy) is 1. The lowest BCUT2D eigenvalue weighted by Gasteiger charge is -2.30. The second-order valence-corrected chi connectivity index (χ2v) is 9.69. The zero-order chi connectivity index (χ0) is 23.9. The number of nitrogens with one attached hydrogen (secondary N) is 1. The quantitative estimate of drug-likeness (QED) is 0.484. The zero-order valence-electron chi connectivity index (χ0n) is 20.0. The minimum absolute atomic E-state index is 0.0682. The molecule has 1 aromatic rings. The molecule has 0 bridgehead atoms. The highest BCUT2D eigenvalue weighted by Crippen LogP contribution is 2.31. The van der Waals surface area contributed by atoms with E-state index in [4.69, 9.17) is 16.3 Å². The van der Waals surface area contributed by atoms with Gasteiger partial charge in [-0.2, -0.15) is 0 Å². The van der Waals surface area contributed by atoms with Gasteiger partial charge in [0.25, 0.3) is 5.91 Å². The van der Waals surface area contributed by atoms with Crippen LogP contribution < -0.4 is 10.2 Å². The summed E-state index contributed by atoms with van der Waals surface area (Å²) in [6, 6.07) is 6.51. The summed E-state index contributed by atoms with van der Waals surface area (Å²) in [5, 5.41) is 3.25. The number of benzene rings is 1. The van der Waals surface area contributed by atoms with Crippen LogP contribution in [0.25, 0.3) is 0 Å². The van der Waals surface area contributed by atoms with Crippen LogP contribution >= 0.6 is 11.6 Å². The molecule has 2 aliphatic heterocycles. The average molecular weight is 489 g/mol. The number of hydrogen-bond acceptors (Lipinski definition) is 5. The summed E-state index contributed by atoms with van der Waals surface area (Å²) in [7, 11) is 0. The lowest BCUT2D eigenvalue weighted by molar-refractivity contribution is -0.146. The Bertz CT molecular complexity index is 864. The molecule has 0 radical (unpaired) electrons. The molecule has 3 aliphatic rings. The van der Waals surface area contributed by atoms with Crippen LogP contribution in [-0.2, 0) is 26.8 Å². The van der Waals surface area contributed by atoms with Crippen LogP contribution in [-0.4, -0.2) is 73.1 Å². The fourth-order valence-electron chi connectivity index (χ4n) is 4.80. The van der Waals surface area contributed by atoms with Gasteiger partial charge in [0, 0.05) is 63.3 Å². The maximum Gasteiger partial charge on any atom is 0.253 e. The smallest absolute Gasteiger partial charge is 0.253 e. The third kappa shape index (κ3) is 6.32. The SMILES string of the molecule is C=CN(CCCC(=O)N1CCCC1)c1cc(CN(C(=O)C2CNCCO2)C2CC2)ccc1CCl. The number of carbonyl (C=O) groups is 2. The second kappa shape index (κ2) is 12.0. The van der Waals surface area contributed by atoms with Crippen molar-refractivity contribution in [1.29, 1.82) is 0 Å². The van der Waals surface area contributed by atoms with Gasteiger partial charge in [0.2, 0.25) is 5.91 Å². The molecule has 2 heterocycles. The molecule has 0 spiro atoms. The summed E-state index contributed by atoms with van der Waals surface area (Å²) in [4.78, 5) is 31.6. The van der Waals surface area contributed by atoms with E-state index in [0.29, 0.717) is 44.6 Å². The van der Waals surface area contributed by atoms with Crippen LogP contribution in [0.3, 0.4) is 0 Å². The van der Waals surface area contributed by atoms with E-state index in [1.165, 1.54) is 0 Å². The molecule has 3 fully saturated rings. The molecule has 1 aromatic carbocycles. The van der Waals surface area contributed by atoms with Gasteiger partial charge in [-0.25, -0.2) is 0 Å². The lowest BCUT2D eigenvalue weighted by Crippen LogP contribution is -2.49. The van der Waals surface area contributed by atoms with E-state index in [1.54, 1.807) is 6.20 Å². The van der Waals surface area contributed by atoms with Gasteiger partial charge < -0.3 is 24.8 Å². The van der Waals surface area contributed by atoms with Crippen LogP contribution in [0.15, 0.2) is 31.0 Å². The van der Waals surface area contributed by atoms with Crippen molar-refractivity contribution >= 4 is 29.1 Å². The highest BCUT2D eigenvalue weighted by Gasteiger charge is 2.37. The average Bonchev–Trinajstić information content (AvgIpc) is 3.57. The standard InChI is InChI=1S/C26H37ClN4O3/c1-2-29(14-5-6-25(32)30-12-3-4-13-30)23-16-20(7-8-21(23)17-27)19-31(22-9-10-22)26(33)24-18-28-11-15-34-24/h2,7-8,16,22,24,28H,1,3-6,9-15,17-19H2. The molecule has 2 saturated heterocycles. The van der Waals surface area contributed by atoms with E-state index >= 15 is 0 Å². The fraction of sp³-hybridized carbons (Fsp3) is 0.615. The highest BCUT2D eigenvalue weighted by molar-refractivity contribution is 6.17. The molecule has 1 atom stereocenters. The highest BCUT2D eigenvalue weighted by atomic mass is 35.5. The molecule has 0 aromatic heterocycles. The first-order valence-corrected chi connectivity index (χ1v) is 13.1. The number of rotatable bonds is 11. The van der Waals surface area contributed by atoms with E-state index in [-0.39, 0.29) is 11.8 Å². The van der Waals surface area contributed by atoms with Crippen molar-refractivity contribution in [3.63, 3.8) is 0 Å². The maximum atomic E-state index is 13.2. The van der Waals surface area contributed by atoms with Gasteiger partial charge in [-0.15, -0.1) is 11.6 Å². The van der Waals surface area contributed by atoms with E-state index < -0.39 is 6.10 Å². The number of anilines is 1. The van der Waals surface area contributed by atoms with Crippen molar-refractivity contribution in [2.75, 3.05) is 44.2 Å². The maximum absolute atomic E-state index is 13.2. The van der Waals surface area contributed by atoms with Crippen LogP contribution in [0.4, 0.5) is 5.69 Å². The molecule has 1 N–H and O–H groups in total. The van der Waals surface area contributed by atoms with Gasteiger partial charge in [-0.05, 0) is 55.5 Å². The number of amides is 2. The van der Waals surface area contributed by atoms with Crippen LogP contribution in [0.2, 0.25) is 0 Å². The first kappa shape index (κ1) is 25.0. The Morgan fingerprint density at radius 3 is 2.71 bits per heavy atom. The van der Waals surface area contributed by atoms with Gasteiger partial charge in [0.05, 0.1) is 6.61 Å². The fourth-order valence-corrected chi connectivity index (χ4v) is 5.03. The van der Waals surface area contributed by atoms with Gasteiger partial charge in [-0.3, -0.25) is 9.59 Å². The normalized spacial score (nSPS) is 20.3. The number of carbonyl (C=O) groups excluding carboxylic acids is 2. The minimum atomic E-state index is -0.409. The Hall–Kier alpha value is -2.09. The molecular formula is C26H37ClN4O3. The molecule has 8 heteroatoms. The lowest BCUT2D eigenvalue weighted by atomic mass is 10.1. The Morgan fingerprint density at radius 1 is 1.26 bits per heavy atom. The van der Waals surface area contributed by atoms with E-state index in [9.17, 15) is 9.59 Å². The summed E-state index contributed by atoms with van der Waals surface area (Å²) in [6.45, 7) is 8.96. The van der Waals surface area contributed by atoms with E-state index in [2.05, 4.69) is 28.9 Å². The van der Waals surface area contributed by atoms with Crippen molar-refractivity contribution in [2.45, 2.75) is 63.1 Å². The van der Waals surface area contributed by atoms with Crippen LogP contribution in [0.1, 0.15) is 49.7 Å². The monoisotopic (exact) mass is 488 g/mol. The summed E-state index contributed by atoms with van der Waals surface area (Å²) in [6.07, 6.45) is 7.01. The summed E-state index contributed by atoms with van der Waals surface area (Å²) >= 11 is 6.26. The van der Waals surface area contributed by atoms with Gasteiger partial charge in [0.15, 0.2) is 0 Å².